The number of nitrogens with one attached hydrogen (secondary N) is 2. The van der Waals surface area contributed by atoms with Crippen LogP contribution in [0.15, 0.2) is 72.9 Å². The van der Waals surface area contributed by atoms with E-state index in [-0.39, 0.29) is 12.1 Å². The van der Waals surface area contributed by atoms with Gasteiger partial charge in [-0.1, -0.05) is 24.3 Å². The fourth-order valence-corrected chi connectivity index (χ4v) is 6.42. The van der Waals surface area contributed by atoms with Crippen LogP contribution in [0.5, 0.6) is 0 Å². The lowest BCUT2D eigenvalue weighted by Crippen LogP contribution is -2.30. The third-order valence-corrected chi connectivity index (χ3v) is 8.10. The summed E-state index contributed by atoms with van der Waals surface area (Å²) in [5.41, 5.74) is 8.94. The van der Waals surface area contributed by atoms with Crippen LogP contribution in [0.1, 0.15) is 45.9 Å². The molecule has 0 spiro atoms. The Morgan fingerprint density at radius 3 is 2.26 bits per heavy atom. The molecule has 1 fully saturated rings. The molecule has 9 heteroatoms. The van der Waals surface area contributed by atoms with Gasteiger partial charge in [0.15, 0.2) is 5.11 Å². The van der Waals surface area contributed by atoms with Crippen molar-refractivity contribution >= 4 is 38.7 Å². The first-order valence-electron chi connectivity index (χ1n) is 12.4. The summed E-state index contributed by atoms with van der Waals surface area (Å²) in [7, 11) is -3.39. The molecule has 2 atom stereocenters. The van der Waals surface area contributed by atoms with E-state index < -0.39 is 10.0 Å². The molecule has 0 bridgehead atoms. The number of nitrogens with zero attached hydrogens (tertiary/aromatic N) is 3. The van der Waals surface area contributed by atoms with Crippen molar-refractivity contribution in [2.75, 3.05) is 15.9 Å². The topological polar surface area (TPSA) is 79.3 Å². The molecule has 0 unspecified atom stereocenters. The van der Waals surface area contributed by atoms with Gasteiger partial charge in [-0.05, 0) is 93.5 Å². The number of sulfonamides is 1. The summed E-state index contributed by atoms with van der Waals surface area (Å²) in [4.78, 5) is 6.82. The van der Waals surface area contributed by atoms with Gasteiger partial charge in [-0.25, -0.2) is 8.42 Å². The van der Waals surface area contributed by atoms with Crippen LogP contribution in [0, 0.1) is 27.7 Å². The minimum atomic E-state index is -3.39. The first-order chi connectivity index (χ1) is 18.1. The minimum absolute atomic E-state index is 0.172. The van der Waals surface area contributed by atoms with Gasteiger partial charge >= 0.3 is 0 Å². The summed E-state index contributed by atoms with van der Waals surface area (Å²) in [5, 5.41) is 4.13. The smallest absolute Gasteiger partial charge is 0.229 e. The molecule has 0 saturated carbocycles. The number of para-hydroxylation sites is 1. The van der Waals surface area contributed by atoms with E-state index >= 15 is 0 Å². The average Bonchev–Trinajstić information content (AvgIpc) is 3.32. The molecular formula is C29H31N5O2S2. The highest BCUT2D eigenvalue weighted by Gasteiger charge is 2.43. The molecular weight excluding hydrogens is 514 g/mol. The van der Waals surface area contributed by atoms with Crippen LogP contribution >= 0.6 is 12.2 Å². The van der Waals surface area contributed by atoms with E-state index in [9.17, 15) is 8.42 Å². The van der Waals surface area contributed by atoms with Crippen molar-refractivity contribution in [3.8, 4) is 5.69 Å². The molecule has 3 heterocycles. The van der Waals surface area contributed by atoms with Crippen LogP contribution in [-0.2, 0) is 10.0 Å². The van der Waals surface area contributed by atoms with Gasteiger partial charge in [0.2, 0.25) is 10.0 Å². The Labute approximate surface area is 229 Å². The predicted molar refractivity (Wildman–Crippen MR) is 158 cm³/mol. The van der Waals surface area contributed by atoms with Crippen molar-refractivity contribution < 1.29 is 8.42 Å². The molecule has 1 aliphatic rings. The molecule has 196 valence electrons. The number of hydrogen-bond acceptors (Lipinski definition) is 4. The summed E-state index contributed by atoms with van der Waals surface area (Å²) in [5.74, 6) is 0. The van der Waals surface area contributed by atoms with Gasteiger partial charge in [0.25, 0.3) is 0 Å². The molecule has 0 radical (unpaired) electrons. The van der Waals surface area contributed by atoms with E-state index in [1.807, 2.05) is 55.5 Å². The molecule has 2 aromatic carbocycles. The number of thiocarbonyl (C=S) groups is 1. The molecule has 1 aliphatic heterocycles. The fourth-order valence-electron chi connectivity index (χ4n) is 5.44. The molecule has 0 aliphatic carbocycles. The summed E-state index contributed by atoms with van der Waals surface area (Å²) < 4.78 is 28.6. The molecule has 2 aromatic heterocycles. The fraction of sp³-hybridized carbons (Fsp3) is 0.241. The highest BCUT2D eigenvalue weighted by molar-refractivity contribution is 7.92. The van der Waals surface area contributed by atoms with Crippen molar-refractivity contribution in [3.05, 3.63) is 107 Å². The number of hydrogen-bond donors (Lipinski definition) is 2. The van der Waals surface area contributed by atoms with Crippen LogP contribution in [0.2, 0.25) is 0 Å². The van der Waals surface area contributed by atoms with E-state index in [1.54, 1.807) is 12.3 Å². The zero-order valence-corrected chi connectivity index (χ0v) is 23.7. The van der Waals surface area contributed by atoms with Gasteiger partial charge < -0.3 is 14.8 Å². The predicted octanol–water partition coefficient (Wildman–Crippen LogP) is 5.65. The number of aromatic nitrogens is 2. The van der Waals surface area contributed by atoms with Crippen LogP contribution in [0.4, 0.5) is 11.4 Å². The van der Waals surface area contributed by atoms with Crippen LogP contribution in [0.25, 0.3) is 5.69 Å². The summed E-state index contributed by atoms with van der Waals surface area (Å²) in [6, 6.07) is 21.6. The van der Waals surface area contributed by atoms with E-state index in [0.717, 1.165) is 34.6 Å². The Bertz CT molecular complexity index is 1620. The summed E-state index contributed by atoms with van der Waals surface area (Å²) >= 11 is 5.93. The number of aryl methyl sites for hydroxylation is 1. The molecule has 1 saturated heterocycles. The quantitative estimate of drug-likeness (QED) is 0.305. The third kappa shape index (κ3) is 4.68. The van der Waals surface area contributed by atoms with Crippen molar-refractivity contribution in [1.82, 2.24) is 14.9 Å². The number of benzene rings is 2. The highest BCUT2D eigenvalue weighted by atomic mass is 32.2. The van der Waals surface area contributed by atoms with Gasteiger partial charge in [-0.3, -0.25) is 9.71 Å². The van der Waals surface area contributed by atoms with Crippen molar-refractivity contribution in [2.24, 2.45) is 0 Å². The lowest BCUT2D eigenvalue weighted by atomic mass is 9.93. The van der Waals surface area contributed by atoms with Crippen LogP contribution < -0.4 is 14.9 Å². The van der Waals surface area contributed by atoms with Crippen molar-refractivity contribution in [2.45, 2.75) is 39.8 Å². The molecule has 0 amide bonds. The second kappa shape index (κ2) is 9.89. The SMILES string of the molecule is Cc1cc(N2C(=S)N[C@@H](c3ccccn3)[C@@H]2c2c(C)c(C)n(-c3ccccc3)c2C)ccc1NS(C)(=O)=O. The monoisotopic (exact) mass is 545 g/mol. The molecule has 7 nitrogen and oxygen atoms in total. The lowest BCUT2D eigenvalue weighted by molar-refractivity contribution is 0.563. The Kier molecular flexibility index (Phi) is 6.75. The largest absolute Gasteiger partial charge is 0.351 e. The summed E-state index contributed by atoms with van der Waals surface area (Å²) in [6.07, 6.45) is 2.95. The second-order valence-corrected chi connectivity index (χ2v) is 11.9. The second-order valence-electron chi connectivity index (χ2n) is 9.75. The number of rotatable bonds is 6. The van der Waals surface area contributed by atoms with E-state index in [4.69, 9.17) is 12.2 Å². The maximum absolute atomic E-state index is 11.8. The van der Waals surface area contributed by atoms with Gasteiger partial charge in [0.05, 0.1) is 29.7 Å². The maximum Gasteiger partial charge on any atom is 0.229 e. The van der Waals surface area contributed by atoms with Gasteiger partial charge in [-0.2, -0.15) is 0 Å². The molecule has 5 rings (SSSR count). The number of pyridine rings is 1. The van der Waals surface area contributed by atoms with Gasteiger partial charge in [0.1, 0.15) is 0 Å². The zero-order chi connectivity index (χ0) is 27.2. The lowest BCUT2D eigenvalue weighted by Gasteiger charge is -2.29. The standard InChI is InChI=1S/C29H31N5O2S2/c1-18-17-23(14-15-24(18)32-38(5,35)36)34-28(27(31-29(34)37)25-13-9-10-16-30-25)26-19(2)20(3)33(21(26)4)22-11-7-6-8-12-22/h6-17,27-28,32H,1-5H3,(H,31,37)/t27-,28-/m0/s1. The third-order valence-electron chi connectivity index (χ3n) is 7.20. The Morgan fingerprint density at radius 1 is 0.921 bits per heavy atom. The van der Waals surface area contributed by atoms with E-state index in [1.165, 1.54) is 16.8 Å². The van der Waals surface area contributed by atoms with Gasteiger partial charge in [-0.15, -0.1) is 0 Å². The zero-order valence-electron chi connectivity index (χ0n) is 22.1. The Morgan fingerprint density at radius 2 is 1.63 bits per heavy atom. The van der Waals surface area contributed by atoms with E-state index in [0.29, 0.717) is 10.8 Å². The Balaban J connectivity index is 1.69. The highest BCUT2D eigenvalue weighted by Crippen LogP contribution is 2.45. The normalized spacial score (nSPS) is 17.5. The Hall–Kier alpha value is -3.69. The van der Waals surface area contributed by atoms with Crippen molar-refractivity contribution in [3.63, 3.8) is 0 Å². The molecule has 38 heavy (non-hydrogen) atoms. The first-order valence-corrected chi connectivity index (χ1v) is 14.7. The van der Waals surface area contributed by atoms with Gasteiger partial charge in [0, 0.05) is 34.5 Å². The van der Waals surface area contributed by atoms with Crippen LogP contribution in [0.3, 0.4) is 0 Å². The molecule has 4 aromatic rings. The average molecular weight is 546 g/mol. The molecule has 2 N–H and O–H groups in total. The van der Waals surface area contributed by atoms with Crippen LogP contribution in [-0.4, -0.2) is 29.3 Å². The van der Waals surface area contributed by atoms with Crippen molar-refractivity contribution in [1.29, 1.82) is 0 Å². The van der Waals surface area contributed by atoms with E-state index in [2.05, 4.69) is 57.4 Å². The maximum atomic E-state index is 11.8. The number of anilines is 2. The minimum Gasteiger partial charge on any atom is -0.351 e. The first kappa shape index (κ1) is 25.9. The summed E-state index contributed by atoms with van der Waals surface area (Å²) in [6.45, 7) is 8.36.